The smallest absolute Gasteiger partial charge is 0.450 e. The lowest BCUT2D eigenvalue weighted by Crippen LogP contribution is -1.93. The molecule has 0 spiro atoms. The van der Waals surface area contributed by atoms with Crippen molar-refractivity contribution in [2.24, 2.45) is 0 Å². The third-order valence-corrected chi connectivity index (χ3v) is 14.9. The topological polar surface area (TPSA) is 57.5 Å². The molecule has 2 aromatic rings. The summed E-state index contributed by atoms with van der Waals surface area (Å²) in [5.41, 5.74) is 1.99. The predicted molar refractivity (Wildman–Crippen MR) is 140 cm³/mol. The van der Waals surface area contributed by atoms with Crippen LogP contribution in [0.2, 0.25) is 0 Å². The molecule has 26 heavy (non-hydrogen) atoms. The van der Waals surface area contributed by atoms with Crippen LogP contribution in [0.5, 0.6) is 0 Å². The number of carbonyl (C=O) groups is 1. The molecular weight excluding hydrogens is 1000 g/mol. The zero-order chi connectivity index (χ0) is 20.5. The van der Waals surface area contributed by atoms with Crippen molar-refractivity contribution >= 4 is 165 Å². The highest BCUT2D eigenvalue weighted by atomic mass is 79.9. The van der Waals surface area contributed by atoms with E-state index >= 15 is 0 Å². The van der Waals surface area contributed by atoms with Crippen molar-refractivity contribution < 1.29 is 15.0 Å². The van der Waals surface area contributed by atoms with Crippen molar-refractivity contribution in [2.45, 2.75) is 0 Å². The Kier molecular flexibility index (Phi) is 11.5. The van der Waals surface area contributed by atoms with Crippen LogP contribution in [0.15, 0.2) is 44.7 Å². The SMILES string of the molecule is Brc1c(Br)c(Br)c(-c2c(Br)c(Br)c(Br)c(Br)c2Br)c(Br)c1Br.O=C(O)O. The Hall–Kier alpha value is 2.51. The van der Waals surface area contributed by atoms with Crippen molar-refractivity contribution in [2.75, 3.05) is 0 Å². The summed E-state index contributed by atoms with van der Waals surface area (Å²) in [6.45, 7) is 0. The Morgan fingerprint density at radius 1 is 0.423 bits per heavy atom. The molecule has 0 fully saturated rings. The highest BCUT2D eigenvalue weighted by Gasteiger charge is 2.25. The van der Waals surface area contributed by atoms with Crippen LogP contribution < -0.4 is 0 Å². The van der Waals surface area contributed by atoms with Crippen LogP contribution in [0.1, 0.15) is 0 Å². The molecule has 0 saturated heterocycles. The molecule has 0 heterocycles. The molecule has 0 aliphatic carbocycles. The molecule has 0 unspecified atom stereocenters. The Bertz CT molecular complexity index is 767. The van der Waals surface area contributed by atoms with E-state index in [2.05, 4.69) is 159 Å². The molecule has 0 atom stereocenters. The minimum atomic E-state index is -1.83. The predicted octanol–water partition coefficient (Wildman–Crippen LogP) is 11.2. The van der Waals surface area contributed by atoms with Crippen molar-refractivity contribution in [1.29, 1.82) is 0 Å². The van der Waals surface area contributed by atoms with E-state index < -0.39 is 6.16 Å². The molecule has 2 aromatic carbocycles. The van der Waals surface area contributed by atoms with Gasteiger partial charge in [-0.25, -0.2) is 4.79 Å². The van der Waals surface area contributed by atoms with Crippen LogP contribution in [0.3, 0.4) is 0 Å². The van der Waals surface area contributed by atoms with Gasteiger partial charge >= 0.3 is 6.16 Å². The van der Waals surface area contributed by atoms with E-state index in [-0.39, 0.29) is 0 Å². The van der Waals surface area contributed by atoms with E-state index in [0.29, 0.717) is 0 Å². The van der Waals surface area contributed by atoms with Gasteiger partial charge in [-0.15, -0.1) is 0 Å². The molecule has 0 bridgehead atoms. The Labute approximate surface area is 232 Å². The standard InChI is InChI=1S/C12Br10.CH2O3/c13-3-1(4(14)8(18)11(21)7(3)17)2-5(15)9(19)12(22)10(20)6(2)16;2-1(3)4/h;(H2,2,3,4). The van der Waals surface area contributed by atoms with E-state index in [1.807, 2.05) is 0 Å². The molecule has 0 aromatic heterocycles. The van der Waals surface area contributed by atoms with E-state index in [1.54, 1.807) is 0 Å². The van der Waals surface area contributed by atoms with Crippen LogP contribution in [-0.4, -0.2) is 16.4 Å². The summed E-state index contributed by atoms with van der Waals surface area (Å²) in [7, 11) is 0. The number of rotatable bonds is 1. The van der Waals surface area contributed by atoms with Gasteiger partial charge in [0, 0.05) is 55.9 Å². The highest BCUT2D eigenvalue weighted by molar-refractivity contribution is 9.16. The molecule has 142 valence electrons. The zero-order valence-corrected chi connectivity index (χ0v) is 27.4. The normalized spacial score (nSPS) is 10.4. The zero-order valence-electron chi connectivity index (χ0n) is 11.6. The van der Waals surface area contributed by atoms with Gasteiger partial charge in [0.2, 0.25) is 0 Å². The Morgan fingerprint density at radius 3 is 0.692 bits per heavy atom. The molecule has 2 N–H and O–H groups in total. The van der Waals surface area contributed by atoms with Crippen molar-refractivity contribution in [1.82, 2.24) is 0 Å². The fourth-order valence-corrected chi connectivity index (χ4v) is 8.54. The van der Waals surface area contributed by atoms with Crippen molar-refractivity contribution in [3.63, 3.8) is 0 Å². The van der Waals surface area contributed by atoms with Crippen LogP contribution in [0, 0.1) is 0 Å². The van der Waals surface area contributed by atoms with Gasteiger partial charge in [-0.1, -0.05) is 0 Å². The van der Waals surface area contributed by atoms with Gasteiger partial charge in [-0.05, 0) is 159 Å². The molecule has 13 heteroatoms. The summed E-state index contributed by atoms with van der Waals surface area (Å²) in [4.78, 5) is 8.56. The van der Waals surface area contributed by atoms with Gasteiger partial charge in [0.05, 0.1) is 0 Å². The molecule has 2 rings (SSSR count). The quantitative estimate of drug-likeness (QED) is 0.221. The lowest BCUT2D eigenvalue weighted by molar-refractivity contribution is 0.137. The maximum Gasteiger partial charge on any atom is 0.503 e. The van der Waals surface area contributed by atoms with Gasteiger partial charge < -0.3 is 10.2 Å². The van der Waals surface area contributed by atoms with Crippen molar-refractivity contribution in [3.8, 4) is 11.1 Å². The summed E-state index contributed by atoms with van der Waals surface area (Å²) in [6, 6.07) is 0. The van der Waals surface area contributed by atoms with Gasteiger partial charge in [0.25, 0.3) is 0 Å². The second kappa shape index (κ2) is 11.2. The lowest BCUT2D eigenvalue weighted by Gasteiger charge is -2.19. The Balaban J connectivity index is 0.000000765. The van der Waals surface area contributed by atoms with Crippen LogP contribution in [0.25, 0.3) is 11.1 Å². The van der Waals surface area contributed by atoms with Crippen LogP contribution >= 0.6 is 159 Å². The third-order valence-electron chi connectivity index (χ3n) is 2.67. The van der Waals surface area contributed by atoms with Crippen LogP contribution in [0.4, 0.5) is 4.79 Å². The highest BCUT2D eigenvalue weighted by Crippen LogP contribution is 2.55. The van der Waals surface area contributed by atoms with Crippen LogP contribution in [-0.2, 0) is 0 Å². The first-order valence-electron chi connectivity index (χ1n) is 5.79. The van der Waals surface area contributed by atoms with E-state index in [4.69, 9.17) is 15.0 Å². The average Bonchev–Trinajstić information content (AvgIpc) is 2.57. The maximum atomic E-state index is 8.56. The molecule has 0 aliphatic rings. The largest absolute Gasteiger partial charge is 0.503 e. The first-order valence-corrected chi connectivity index (χ1v) is 13.7. The Morgan fingerprint density at radius 2 is 0.538 bits per heavy atom. The molecule has 0 amide bonds. The summed E-state index contributed by atoms with van der Waals surface area (Å²) < 4.78 is 9.26. The lowest BCUT2D eigenvalue weighted by atomic mass is 10.1. The number of carboxylic acid groups (broad SMARTS) is 2. The summed E-state index contributed by atoms with van der Waals surface area (Å²) in [6.07, 6.45) is -1.83. The van der Waals surface area contributed by atoms with Crippen molar-refractivity contribution in [3.05, 3.63) is 44.7 Å². The van der Waals surface area contributed by atoms with E-state index in [0.717, 1.165) is 55.9 Å². The summed E-state index contributed by atoms with van der Waals surface area (Å²) in [5, 5.41) is 13.9. The second-order valence-electron chi connectivity index (χ2n) is 4.17. The molecule has 0 radical (unpaired) electrons. The first-order chi connectivity index (χ1) is 11.8. The van der Waals surface area contributed by atoms with E-state index in [9.17, 15) is 0 Å². The average molecular weight is 1010 g/mol. The maximum absolute atomic E-state index is 8.56. The number of benzene rings is 2. The molecule has 0 aliphatic heterocycles. The van der Waals surface area contributed by atoms with Gasteiger partial charge in [0.1, 0.15) is 0 Å². The minimum Gasteiger partial charge on any atom is -0.450 e. The fraction of sp³-hybridized carbons (Fsp3) is 0. The molecule has 3 nitrogen and oxygen atoms in total. The second-order valence-corrected chi connectivity index (χ2v) is 12.1. The van der Waals surface area contributed by atoms with Gasteiger partial charge in [0.15, 0.2) is 0 Å². The number of halogens is 10. The molecular formula is C13H2Br10O3. The third kappa shape index (κ3) is 5.81. The minimum absolute atomic E-state index is 0.923. The number of hydrogen-bond donors (Lipinski definition) is 2. The van der Waals surface area contributed by atoms with E-state index in [1.165, 1.54) is 0 Å². The first kappa shape index (κ1) is 26.5. The fourth-order valence-electron chi connectivity index (χ4n) is 1.65. The molecule has 0 saturated carbocycles. The van der Waals surface area contributed by atoms with Gasteiger partial charge in [-0.3, -0.25) is 0 Å². The number of hydrogen-bond acceptors (Lipinski definition) is 1. The summed E-state index contributed by atoms with van der Waals surface area (Å²) >= 11 is 36.3. The van der Waals surface area contributed by atoms with Gasteiger partial charge in [-0.2, -0.15) is 0 Å². The monoisotopic (exact) mass is 995 g/mol. The summed E-state index contributed by atoms with van der Waals surface area (Å²) in [5.74, 6) is 0.